The molecule has 4 aliphatic carbocycles. The molecule has 5 aliphatic rings. The number of carbonyl (C=O) groups excluding carboxylic acids is 2. The summed E-state index contributed by atoms with van der Waals surface area (Å²) in [5.41, 5.74) is 2.91. The van der Waals surface area contributed by atoms with Gasteiger partial charge in [0.05, 0.1) is 0 Å². The molecule has 182 valence electrons. The van der Waals surface area contributed by atoms with Crippen LogP contribution < -0.4 is 0 Å². The summed E-state index contributed by atoms with van der Waals surface area (Å²) in [4.78, 5) is 25.1. The Hall–Kier alpha value is -1.38. The lowest BCUT2D eigenvalue weighted by Gasteiger charge is -2.63. The predicted octanol–water partition coefficient (Wildman–Crippen LogP) is 7.06. The summed E-state index contributed by atoms with van der Waals surface area (Å²) in [5.74, 6) is 2.37. The number of allylic oxidation sites excluding steroid dienone is 2. The first-order valence-corrected chi connectivity index (χ1v) is 13.5. The van der Waals surface area contributed by atoms with Crippen LogP contribution in [0.4, 0.5) is 0 Å². The fraction of sp³-hybridized carbons (Fsp3) is 0.800. The van der Waals surface area contributed by atoms with E-state index < -0.39 is 0 Å². The topological polar surface area (TPSA) is 43.4 Å². The largest absolute Gasteiger partial charge is 0.458 e. The number of Topliss-reactive ketones (excluding diaryl/α,β-unsaturated/α-hetero) is 1. The fourth-order valence-corrected chi connectivity index (χ4v) is 9.65. The number of rotatable bonds is 2. The molecule has 0 saturated heterocycles. The van der Waals surface area contributed by atoms with Gasteiger partial charge in [-0.1, -0.05) is 59.3 Å². The van der Waals surface area contributed by atoms with Crippen LogP contribution in [0.25, 0.3) is 0 Å². The maximum atomic E-state index is 12.8. The molecule has 0 aromatic heterocycles. The Morgan fingerprint density at radius 2 is 1.70 bits per heavy atom. The molecule has 0 amide bonds. The van der Waals surface area contributed by atoms with Crippen LogP contribution in [0, 0.1) is 45.3 Å². The third-order valence-electron chi connectivity index (χ3n) is 12.1. The first-order chi connectivity index (χ1) is 15.4. The molecule has 0 N–H and O–H groups in total. The van der Waals surface area contributed by atoms with E-state index in [9.17, 15) is 9.59 Å². The van der Waals surface area contributed by atoms with Gasteiger partial charge < -0.3 is 4.74 Å². The Morgan fingerprint density at radius 1 is 0.970 bits per heavy atom. The van der Waals surface area contributed by atoms with E-state index in [4.69, 9.17) is 4.74 Å². The van der Waals surface area contributed by atoms with Crippen LogP contribution in [0.3, 0.4) is 0 Å². The zero-order valence-corrected chi connectivity index (χ0v) is 21.9. The highest BCUT2D eigenvalue weighted by molar-refractivity contribution is 5.88. The van der Waals surface area contributed by atoms with Crippen molar-refractivity contribution in [2.75, 3.05) is 0 Å². The van der Waals surface area contributed by atoms with E-state index in [-0.39, 0.29) is 33.7 Å². The summed E-state index contributed by atoms with van der Waals surface area (Å²) in [7, 11) is 0. The molecule has 3 nitrogen and oxygen atoms in total. The number of esters is 1. The third-order valence-corrected chi connectivity index (χ3v) is 12.1. The van der Waals surface area contributed by atoms with Crippen molar-refractivity contribution in [3.05, 3.63) is 23.3 Å². The van der Waals surface area contributed by atoms with Gasteiger partial charge in [0.1, 0.15) is 11.9 Å². The van der Waals surface area contributed by atoms with Crippen LogP contribution in [0.15, 0.2) is 23.3 Å². The second-order valence-corrected chi connectivity index (χ2v) is 13.5. The molecule has 3 saturated carbocycles. The van der Waals surface area contributed by atoms with Gasteiger partial charge in [0.25, 0.3) is 0 Å². The Bertz CT molecular complexity index is 940. The smallest absolute Gasteiger partial charge is 0.333 e. The first kappa shape index (κ1) is 23.4. The van der Waals surface area contributed by atoms with E-state index in [1.165, 1.54) is 25.7 Å². The second-order valence-electron chi connectivity index (χ2n) is 13.5. The predicted molar refractivity (Wildman–Crippen MR) is 131 cm³/mol. The first-order valence-electron chi connectivity index (χ1n) is 13.5. The van der Waals surface area contributed by atoms with Gasteiger partial charge in [-0.2, -0.15) is 0 Å². The van der Waals surface area contributed by atoms with Crippen molar-refractivity contribution in [1.82, 2.24) is 0 Å². The molecule has 5 rings (SSSR count). The molecule has 3 fully saturated rings. The standard InChI is InChI=1S/C30H44O3/c1-18-8-10-23(33-26(18)32)19(2)20-12-16-30(7)22-9-11-24-27(3,4)25(31)14-15-28(24,5)21(22)13-17-29(20,30)6/h8,13,19-20,22-24H,9-12,14-17H2,1-7H3/t19-,20?,22?,23+,24?,28+,29+,30-/m0/s1. The molecule has 3 unspecified atom stereocenters. The van der Waals surface area contributed by atoms with Crippen molar-refractivity contribution in [1.29, 1.82) is 0 Å². The summed E-state index contributed by atoms with van der Waals surface area (Å²) < 4.78 is 5.90. The number of ether oxygens (including phenoxy) is 1. The molecule has 3 heteroatoms. The number of hydrogen-bond acceptors (Lipinski definition) is 3. The third kappa shape index (κ3) is 2.99. The summed E-state index contributed by atoms with van der Waals surface area (Å²) in [6.07, 6.45) is 13.3. The fourth-order valence-electron chi connectivity index (χ4n) is 9.65. The van der Waals surface area contributed by atoms with E-state index in [2.05, 4.69) is 53.7 Å². The summed E-state index contributed by atoms with van der Waals surface area (Å²) in [5, 5.41) is 0. The van der Waals surface area contributed by atoms with Crippen molar-refractivity contribution in [2.45, 2.75) is 106 Å². The number of fused-ring (bicyclic) bond motifs is 5. The Labute approximate surface area is 200 Å². The SMILES string of the molecule is CC1=CC[C@H]([C@@H](C)C2CC[C@@]3(C)C4CCC5C(C)(C)C(=O)CC[C@]5(C)C4=CC[C@]23C)OC1=O. The van der Waals surface area contributed by atoms with Gasteiger partial charge in [0, 0.05) is 23.8 Å². The molecule has 0 spiro atoms. The number of ketones is 1. The van der Waals surface area contributed by atoms with Gasteiger partial charge in [-0.05, 0) is 85.4 Å². The summed E-state index contributed by atoms with van der Waals surface area (Å²) in [6, 6.07) is 0. The summed E-state index contributed by atoms with van der Waals surface area (Å²) >= 11 is 0. The lowest BCUT2D eigenvalue weighted by atomic mass is 9.41. The van der Waals surface area contributed by atoms with Crippen LogP contribution in [0.2, 0.25) is 0 Å². The van der Waals surface area contributed by atoms with Crippen molar-refractivity contribution < 1.29 is 14.3 Å². The zero-order chi connectivity index (χ0) is 24.0. The summed E-state index contributed by atoms with van der Waals surface area (Å²) in [6.45, 7) is 16.2. The van der Waals surface area contributed by atoms with Gasteiger partial charge in [0.2, 0.25) is 0 Å². The van der Waals surface area contributed by atoms with Crippen LogP contribution >= 0.6 is 0 Å². The van der Waals surface area contributed by atoms with E-state index in [0.29, 0.717) is 29.5 Å². The van der Waals surface area contributed by atoms with Crippen LogP contribution in [-0.4, -0.2) is 17.9 Å². The van der Waals surface area contributed by atoms with Gasteiger partial charge in [-0.15, -0.1) is 0 Å². The van der Waals surface area contributed by atoms with Crippen molar-refractivity contribution in [2.24, 2.45) is 45.3 Å². The molecule has 1 aliphatic heterocycles. The Morgan fingerprint density at radius 3 is 2.39 bits per heavy atom. The van der Waals surface area contributed by atoms with Crippen LogP contribution in [-0.2, 0) is 14.3 Å². The number of hydrogen-bond donors (Lipinski definition) is 0. The number of cyclic esters (lactones) is 1. The van der Waals surface area contributed by atoms with Gasteiger partial charge in [0.15, 0.2) is 0 Å². The molecule has 0 aromatic carbocycles. The van der Waals surface area contributed by atoms with E-state index >= 15 is 0 Å². The second kappa shape index (κ2) is 7.31. The highest BCUT2D eigenvalue weighted by Gasteiger charge is 2.65. The van der Waals surface area contributed by atoms with E-state index in [1.807, 2.05) is 6.92 Å². The normalized spacial score (nSPS) is 47.5. The molecule has 8 atom stereocenters. The average molecular weight is 453 g/mol. The minimum atomic E-state index is -0.205. The minimum Gasteiger partial charge on any atom is -0.458 e. The van der Waals surface area contributed by atoms with Crippen LogP contribution in [0.1, 0.15) is 99.8 Å². The molecule has 0 aromatic rings. The van der Waals surface area contributed by atoms with Crippen LogP contribution in [0.5, 0.6) is 0 Å². The quantitative estimate of drug-likeness (QED) is 0.333. The molecular formula is C30H44O3. The lowest BCUT2D eigenvalue weighted by Crippen LogP contribution is -2.57. The molecule has 33 heavy (non-hydrogen) atoms. The Balaban J connectivity index is 1.47. The maximum absolute atomic E-state index is 12.8. The minimum absolute atomic E-state index is 0.00848. The van der Waals surface area contributed by atoms with Crippen molar-refractivity contribution in [3.63, 3.8) is 0 Å². The highest BCUT2D eigenvalue weighted by Crippen LogP contribution is 2.73. The van der Waals surface area contributed by atoms with Gasteiger partial charge >= 0.3 is 5.97 Å². The maximum Gasteiger partial charge on any atom is 0.333 e. The highest BCUT2D eigenvalue weighted by atomic mass is 16.5. The van der Waals surface area contributed by atoms with Crippen molar-refractivity contribution >= 4 is 11.8 Å². The van der Waals surface area contributed by atoms with Crippen molar-refractivity contribution in [3.8, 4) is 0 Å². The Kier molecular flexibility index (Phi) is 5.18. The monoisotopic (exact) mass is 452 g/mol. The van der Waals surface area contributed by atoms with Gasteiger partial charge in [-0.3, -0.25) is 4.79 Å². The average Bonchev–Trinajstić information content (AvgIpc) is 3.04. The van der Waals surface area contributed by atoms with E-state index in [0.717, 1.165) is 31.3 Å². The van der Waals surface area contributed by atoms with E-state index in [1.54, 1.807) is 5.57 Å². The van der Waals surface area contributed by atoms with Gasteiger partial charge in [-0.25, -0.2) is 4.79 Å². The molecule has 0 radical (unpaired) electrons. The molecule has 1 heterocycles. The number of carbonyl (C=O) groups is 2. The molecular weight excluding hydrogens is 408 g/mol. The lowest BCUT2D eigenvalue weighted by molar-refractivity contribution is -0.151. The zero-order valence-electron chi connectivity index (χ0n) is 21.9. The molecule has 0 bridgehead atoms.